The Balaban J connectivity index is 1.99. The summed E-state index contributed by atoms with van der Waals surface area (Å²) in [6.45, 7) is -0.0148. The number of carbonyl (C=O) groups excluding carboxylic acids is 2. The number of fused-ring (bicyclic) bond motifs is 2. The summed E-state index contributed by atoms with van der Waals surface area (Å²) in [6.07, 6.45) is 0. The van der Waals surface area contributed by atoms with E-state index in [9.17, 15) is 9.59 Å². The van der Waals surface area contributed by atoms with Crippen LogP contribution in [-0.2, 0) is 9.53 Å². The highest BCUT2D eigenvalue weighted by Gasteiger charge is 2.62. The highest BCUT2D eigenvalue weighted by Crippen LogP contribution is 2.53. The smallest absolute Gasteiger partial charge is 0.352 e. The van der Waals surface area contributed by atoms with E-state index in [1.807, 2.05) is 0 Å². The molecule has 2 aliphatic rings. The van der Waals surface area contributed by atoms with E-state index in [2.05, 4.69) is 4.74 Å². The fourth-order valence-corrected chi connectivity index (χ4v) is 3.97. The van der Waals surface area contributed by atoms with Gasteiger partial charge in [-0.05, 0) is 35.4 Å². The molecule has 158 valence electrons. The van der Waals surface area contributed by atoms with Gasteiger partial charge in [-0.3, -0.25) is 4.79 Å². The molecule has 1 aliphatic heterocycles. The molecule has 2 aromatic carbocycles. The largest absolute Gasteiger partial charge is 0.493 e. The van der Waals surface area contributed by atoms with Crippen molar-refractivity contribution < 1.29 is 42.4 Å². The molecular formula is C21H19FO8. The molecule has 30 heavy (non-hydrogen) atoms. The summed E-state index contributed by atoms with van der Waals surface area (Å²) in [5.74, 6) is -2.18. The minimum atomic E-state index is -2.99. The number of hydrogen-bond acceptors (Lipinski definition) is 8. The van der Waals surface area contributed by atoms with Gasteiger partial charge in [-0.25, -0.2) is 9.18 Å². The predicted octanol–water partition coefficient (Wildman–Crippen LogP) is 2.65. The molecule has 0 radical (unpaired) electrons. The molecule has 1 heterocycles. The van der Waals surface area contributed by atoms with E-state index in [4.69, 9.17) is 23.7 Å². The van der Waals surface area contributed by atoms with Gasteiger partial charge in [0, 0.05) is 5.56 Å². The van der Waals surface area contributed by atoms with Crippen molar-refractivity contribution in [2.45, 2.75) is 11.6 Å². The SMILES string of the molecule is COC(=O)[C@@]1(F)C(=O)c2cc3c(cc2[C@H]1c1cc(OC)c(OC)c(OC)c1)OCO3. The van der Waals surface area contributed by atoms with Crippen LogP contribution in [0.1, 0.15) is 27.4 Å². The van der Waals surface area contributed by atoms with Crippen LogP contribution in [0.2, 0.25) is 0 Å². The first-order valence-corrected chi connectivity index (χ1v) is 8.96. The molecule has 0 spiro atoms. The molecule has 4 rings (SSSR count). The fraction of sp³-hybridized carbons (Fsp3) is 0.333. The number of Topliss-reactive ketones (excluding diaryl/α,β-unsaturated/α-hetero) is 1. The van der Waals surface area contributed by atoms with E-state index in [-0.39, 0.29) is 35.0 Å². The van der Waals surface area contributed by atoms with Crippen LogP contribution in [-0.4, -0.2) is 52.7 Å². The number of alkyl halides is 1. The molecule has 0 amide bonds. The van der Waals surface area contributed by atoms with Crippen LogP contribution in [0.3, 0.4) is 0 Å². The highest BCUT2D eigenvalue weighted by atomic mass is 19.1. The molecule has 9 heteroatoms. The number of halogens is 1. The van der Waals surface area contributed by atoms with Crippen molar-refractivity contribution >= 4 is 11.8 Å². The summed E-state index contributed by atoms with van der Waals surface area (Å²) in [4.78, 5) is 25.6. The van der Waals surface area contributed by atoms with Gasteiger partial charge in [0.15, 0.2) is 23.0 Å². The topological polar surface area (TPSA) is 89.5 Å². The molecule has 0 bridgehead atoms. The van der Waals surface area contributed by atoms with E-state index >= 15 is 4.39 Å². The van der Waals surface area contributed by atoms with Crippen LogP contribution >= 0.6 is 0 Å². The number of esters is 1. The molecule has 0 saturated carbocycles. The standard InChI is InChI=1S/C21H19FO8/c1-25-15-5-10(6-16(26-2)18(15)27-3)17-11-7-13-14(30-9-29-13)8-12(11)19(23)21(17,22)20(24)28-4/h5-8,17H,9H2,1-4H3/t17-,21+/m1/s1. The molecule has 2 atom stereocenters. The number of hydrogen-bond donors (Lipinski definition) is 0. The van der Waals surface area contributed by atoms with Gasteiger partial charge in [-0.1, -0.05) is 0 Å². The number of benzene rings is 2. The zero-order valence-electron chi connectivity index (χ0n) is 16.7. The van der Waals surface area contributed by atoms with E-state index < -0.39 is 23.3 Å². The van der Waals surface area contributed by atoms with Crippen molar-refractivity contribution in [3.63, 3.8) is 0 Å². The summed E-state index contributed by atoms with van der Waals surface area (Å²) in [5, 5.41) is 0. The number of methoxy groups -OCH3 is 4. The van der Waals surface area contributed by atoms with Crippen LogP contribution in [0.4, 0.5) is 4.39 Å². The average Bonchev–Trinajstić information content (AvgIpc) is 3.31. The number of ether oxygens (including phenoxy) is 6. The molecular weight excluding hydrogens is 399 g/mol. The Morgan fingerprint density at radius 3 is 2.13 bits per heavy atom. The Bertz CT molecular complexity index is 1020. The molecule has 0 saturated heterocycles. The van der Waals surface area contributed by atoms with Gasteiger partial charge >= 0.3 is 5.97 Å². The normalized spacial score (nSPS) is 21.2. The lowest BCUT2D eigenvalue weighted by Gasteiger charge is -2.25. The number of rotatable bonds is 5. The third-order valence-electron chi connectivity index (χ3n) is 5.33. The van der Waals surface area contributed by atoms with Crippen LogP contribution < -0.4 is 23.7 Å². The van der Waals surface area contributed by atoms with Gasteiger partial charge in [0.1, 0.15) is 0 Å². The second-order valence-electron chi connectivity index (χ2n) is 6.72. The summed E-state index contributed by atoms with van der Waals surface area (Å²) in [7, 11) is 5.28. The van der Waals surface area contributed by atoms with Gasteiger partial charge in [0.2, 0.25) is 18.3 Å². The fourth-order valence-electron chi connectivity index (χ4n) is 3.97. The second kappa shape index (κ2) is 7.08. The quantitative estimate of drug-likeness (QED) is 0.541. The van der Waals surface area contributed by atoms with Gasteiger partial charge in [-0.2, -0.15) is 0 Å². The van der Waals surface area contributed by atoms with Crippen molar-refractivity contribution in [3.8, 4) is 28.7 Å². The van der Waals surface area contributed by atoms with Crippen molar-refractivity contribution in [1.82, 2.24) is 0 Å². The zero-order chi connectivity index (χ0) is 21.6. The van der Waals surface area contributed by atoms with Gasteiger partial charge < -0.3 is 28.4 Å². The van der Waals surface area contributed by atoms with Gasteiger partial charge in [0.05, 0.1) is 34.4 Å². The van der Waals surface area contributed by atoms with E-state index in [1.54, 1.807) is 0 Å². The Morgan fingerprint density at radius 1 is 1.00 bits per heavy atom. The van der Waals surface area contributed by atoms with Crippen molar-refractivity contribution in [1.29, 1.82) is 0 Å². The molecule has 0 aromatic heterocycles. The monoisotopic (exact) mass is 418 g/mol. The first kappa shape index (κ1) is 19.8. The summed E-state index contributed by atoms with van der Waals surface area (Å²) < 4.78 is 47.6. The Kier molecular flexibility index (Phi) is 4.68. The Hall–Kier alpha value is -3.49. The lowest BCUT2D eigenvalue weighted by atomic mass is 9.82. The third kappa shape index (κ3) is 2.58. The lowest BCUT2D eigenvalue weighted by molar-refractivity contribution is -0.151. The predicted molar refractivity (Wildman–Crippen MR) is 101 cm³/mol. The molecule has 0 N–H and O–H groups in total. The van der Waals surface area contributed by atoms with E-state index in [0.717, 1.165) is 7.11 Å². The van der Waals surface area contributed by atoms with Crippen molar-refractivity contribution in [2.24, 2.45) is 0 Å². The molecule has 0 unspecified atom stereocenters. The maximum Gasteiger partial charge on any atom is 0.352 e. The van der Waals surface area contributed by atoms with Gasteiger partial charge in [0.25, 0.3) is 5.67 Å². The maximum atomic E-state index is 16.3. The van der Waals surface area contributed by atoms with Crippen molar-refractivity contribution in [2.75, 3.05) is 35.2 Å². The molecule has 0 fully saturated rings. The number of carbonyl (C=O) groups is 2. The average molecular weight is 418 g/mol. The highest BCUT2D eigenvalue weighted by molar-refractivity contribution is 6.20. The first-order chi connectivity index (χ1) is 14.4. The zero-order valence-corrected chi connectivity index (χ0v) is 16.7. The summed E-state index contributed by atoms with van der Waals surface area (Å²) in [6, 6.07) is 5.88. The summed E-state index contributed by atoms with van der Waals surface area (Å²) in [5.41, 5.74) is -2.43. The Morgan fingerprint density at radius 2 is 1.60 bits per heavy atom. The first-order valence-electron chi connectivity index (χ1n) is 8.96. The summed E-state index contributed by atoms with van der Waals surface area (Å²) >= 11 is 0. The Labute approximate surface area is 171 Å². The third-order valence-corrected chi connectivity index (χ3v) is 5.33. The minimum absolute atomic E-state index is 0.0148. The van der Waals surface area contributed by atoms with Crippen LogP contribution in [0, 0.1) is 0 Å². The molecule has 8 nitrogen and oxygen atoms in total. The van der Waals surface area contributed by atoms with Crippen LogP contribution in [0.5, 0.6) is 28.7 Å². The van der Waals surface area contributed by atoms with Crippen LogP contribution in [0.15, 0.2) is 24.3 Å². The molecule has 2 aromatic rings. The lowest BCUT2D eigenvalue weighted by Crippen LogP contribution is -2.44. The van der Waals surface area contributed by atoms with Gasteiger partial charge in [-0.15, -0.1) is 0 Å². The maximum absolute atomic E-state index is 16.3. The van der Waals surface area contributed by atoms with E-state index in [1.165, 1.54) is 45.6 Å². The second-order valence-corrected chi connectivity index (χ2v) is 6.72. The molecule has 1 aliphatic carbocycles. The number of ketones is 1. The van der Waals surface area contributed by atoms with Crippen molar-refractivity contribution in [3.05, 3.63) is 41.0 Å². The minimum Gasteiger partial charge on any atom is -0.493 e. The van der Waals surface area contributed by atoms with Crippen LogP contribution in [0.25, 0.3) is 0 Å². The van der Waals surface area contributed by atoms with E-state index in [0.29, 0.717) is 17.2 Å².